The summed E-state index contributed by atoms with van der Waals surface area (Å²) in [6, 6.07) is 5.66. The summed E-state index contributed by atoms with van der Waals surface area (Å²) >= 11 is 0. The maximum atomic E-state index is 13.5. The normalized spacial score (nSPS) is 14.4. The Hall–Kier alpha value is -1.09. The van der Waals surface area contributed by atoms with E-state index in [1.54, 1.807) is 12.1 Å². The van der Waals surface area contributed by atoms with Crippen molar-refractivity contribution in [3.05, 3.63) is 29.6 Å². The van der Waals surface area contributed by atoms with Crippen molar-refractivity contribution in [3.63, 3.8) is 0 Å². The van der Waals surface area contributed by atoms with Crippen LogP contribution in [-0.4, -0.2) is 20.2 Å². The van der Waals surface area contributed by atoms with Crippen molar-refractivity contribution in [2.24, 2.45) is 5.92 Å². The van der Waals surface area contributed by atoms with E-state index in [0.717, 1.165) is 18.4 Å². The molecular formula is C14H22FNO. The fourth-order valence-electron chi connectivity index (χ4n) is 2.24. The van der Waals surface area contributed by atoms with Crippen molar-refractivity contribution < 1.29 is 9.13 Å². The van der Waals surface area contributed by atoms with E-state index >= 15 is 0 Å². The lowest BCUT2D eigenvalue weighted by atomic mass is 9.92. The molecule has 3 heteroatoms. The molecule has 0 spiro atoms. The van der Waals surface area contributed by atoms with E-state index in [1.165, 1.54) is 7.11 Å². The lowest BCUT2D eigenvalue weighted by Gasteiger charge is -2.22. The molecule has 1 aromatic rings. The van der Waals surface area contributed by atoms with Crippen LogP contribution in [0.1, 0.15) is 25.8 Å². The van der Waals surface area contributed by atoms with Gasteiger partial charge in [0.1, 0.15) is 0 Å². The molecule has 0 aliphatic rings. The van der Waals surface area contributed by atoms with E-state index in [0.29, 0.717) is 17.7 Å². The smallest absolute Gasteiger partial charge is 0.165 e. The van der Waals surface area contributed by atoms with Gasteiger partial charge in [0.25, 0.3) is 0 Å². The maximum absolute atomic E-state index is 13.5. The second-order valence-corrected chi connectivity index (χ2v) is 4.45. The average Bonchev–Trinajstić information content (AvgIpc) is 2.31. The molecule has 1 aromatic carbocycles. The highest BCUT2D eigenvalue weighted by Crippen LogP contribution is 2.21. The molecule has 0 bridgehead atoms. The lowest BCUT2D eigenvalue weighted by Crippen LogP contribution is -2.32. The number of hydrogen-bond acceptors (Lipinski definition) is 2. The van der Waals surface area contributed by atoms with Crippen LogP contribution in [0.15, 0.2) is 18.2 Å². The summed E-state index contributed by atoms with van der Waals surface area (Å²) in [5, 5.41) is 3.29. The third-order valence-electron chi connectivity index (χ3n) is 3.27. The second-order valence-electron chi connectivity index (χ2n) is 4.45. The maximum Gasteiger partial charge on any atom is 0.165 e. The molecular weight excluding hydrogens is 217 g/mol. The fourth-order valence-corrected chi connectivity index (χ4v) is 2.24. The van der Waals surface area contributed by atoms with Gasteiger partial charge in [0.2, 0.25) is 0 Å². The van der Waals surface area contributed by atoms with Gasteiger partial charge in [-0.25, -0.2) is 4.39 Å². The van der Waals surface area contributed by atoms with Crippen LogP contribution in [0.5, 0.6) is 5.75 Å². The minimum absolute atomic E-state index is 0.283. The van der Waals surface area contributed by atoms with Crippen molar-refractivity contribution in [2.75, 3.05) is 14.2 Å². The highest BCUT2D eigenvalue weighted by atomic mass is 19.1. The minimum Gasteiger partial charge on any atom is -0.494 e. The number of rotatable bonds is 6. The third-order valence-corrected chi connectivity index (χ3v) is 3.27. The Morgan fingerprint density at radius 2 is 2.12 bits per heavy atom. The summed E-state index contributed by atoms with van der Waals surface area (Å²) in [6.07, 6.45) is 1.95. The van der Waals surface area contributed by atoms with E-state index < -0.39 is 0 Å². The summed E-state index contributed by atoms with van der Waals surface area (Å²) in [5.74, 6) is 0.509. The molecule has 0 fully saturated rings. The SMILES string of the molecule is CCC(NC)C(C)Cc1ccc(OC)c(F)c1. The number of nitrogens with one attached hydrogen (secondary N) is 1. The molecule has 17 heavy (non-hydrogen) atoms. The molecule has 0 saturated heterocycles. The van der Waals surface area contributed by atoms with Crippen molar-refractivity contribution in [3.8, 4) is 5.75 Å². The molecule has 0 radical (unpaired) electrons. The Morgan fingerprint density at radius 1 is 1.41 bits per heavy atom. The number of methoxy groups -OCH3 is 1. The summed E-state index contributed by atoms with van der Waals surface area (Å²) in [6.45, 7) is 4.35. The molecule has 0 aliphatic heterocycles. The zero-order valence-electron chi connectivity index (χ0n) is 11.1. The molecule has 2 atom stereocenters. The number of ether oxygens (including phenoxy) is 1. The molecule has 0 heterocycles. The standard InChI is InChI=1S/C14H22FNO/c1-5-13(16-3)10(2)8-11-6-7-14(17-4)12(15)9-11/h6-7,9-10,13,16H,5,8H2,1-4H3. The quantitative estimate of drug-likeness (QED) is 0.824. The van der Waals surface area contributed by atoms with Gasteiger partial charge < -0.3 is 10.1 Å². The van der Waals surface area contributed by atoms with Gasteiger partial charge in [-0.1, -0.05) is 19.9 Å². The average molecular weight is 239 g/mol. The van der Waals surface area contributed by atoms with Gasteiger partial charge >= 0.3 is 0 Å². The molecule has 0 aromatic heterocycles. The van der Waals surface area contributed by atoms with Crippen LogP contribution in [0, 0.1) is 11.7 Å². The summed E-state index contributed by atoms with van der Waals surface area (Å²) in [4.78, 5) is 0. The Bertz CT molecular complexity index is 350. The molecule has 1 rings (SSSR count). The molecule has 2 unspecified atom stereocenters. The van der Waals surface area contributed by atoms with Gasteiger partial charge in [-0.15, -0.1) is 0 Å². The Labute approximate surface area is 103 Å². The van der Waals surface area contributed by atoms with E-state index in [1.807, 2.05) is 13.1 Å². The third kappa shape index (κ3) is 3.70. The molecule has 96 valence electrons. The number of halogens is 1. The van der Waals surface area contributed by atoms with Crippen LogP contribution >= 0.6 is 0 Å². The largest absolute Gasteiger partial charge is 0.494 e. The predicted octanol–water partition coefficient (Wildman–Crippen LogP) is 3.01. The van der Waals surface area contributed by atoms with Crippen LogP contribution < -0.4 is 10.1 Å². The van der Waals surface area contributed by atoms with Gasteiger partial charge in [0, 0.05) is 6.04 Å². The van der Waals surface area contributed by atoms with E-state index in [-0.39, 0.29) is 5.82 Å². The van der Waals surface area contributed by atoms with Gasteiger partial charge in [-0.05, 0) is 43.5 Å². The van der Waals surface area contributed by atoms with Gasteiger partial charge in [-0.3, -0.25) is 0 Å². The van der Waals surface area contributed by atoms with Crippen molar-refractivity contribution >= 4 is 0 Å². The van der Waals surface area contributed by atoms with Crippen LogP contribution in [0.4, 0.5) is 4.39 Å². The fraction of sp³-hybridized carbons (Fsp3) is 0.571. The molecule has 0 aliphatic carbocycles. The van der Waals surface area contributed by atoms with Gasteiger partial charge in [-0.2, -0.15) is 0 Å². The van der Waals surface area contributed by atoms with Gasteiger partial charge in [0.05, 0.1) is 7.11 Å². The van der Waals surface area contributed by atoms with Crippen LogP contribution in [0.3, 0.4) is 0 Å². The number of benzene rings is 1. The molecule has 1 N–H and O–H groups in total. The topological polar surface area (TPSA) is 21.3 Å². The van der Waals surface area contributed by atoms with E-state index in [2.05, 4.69) is 19.2 Å². The highest BCUT2D eigenvalue weighted by molar-refractivity contribution is 5.29. The molecule has 0 amide bonds. The second kappa shape index (κ2) is 6.60. The van der Waals surface area contributed by atoms with E-state index in [9.17, 15) is 4.39 Å². The number of hydrogen-bond donors (Lipinski definition) is 1. The summed E-state index contributed by atoms with van der Waals surface area (Å²) < 4.78 is 18.4. The molecule has 2 nitrogen and oxygen atoms in total. The van der Waals surface area contributed by atoms with Crippen LogP contribution in [0.2, 0.25) is 0 Å². The first kappa shape index (κ1) is 14.0. The molecule has 0 saturated carbocycles. The first-order valence-electron chi connectivity index (χ1n) is 6.12. The van der Waals surface area contributed by atoms with Crippen LogP contribution in [-0.2, 0) is 6.42 Å². The zero-order chi connectivity index (χ0) is 12.8. The first-order valence-corrected chi connectivity index (χ1v) is 6.12. The highest BCUT2D eigenvalue weighted by Gasteiger charge is 2.14. The summed E-state index contributed by atoms with van der Waals surface area (Å²) in [5.41, 5.74) is 1.02. The monoisotopic (exact) mass is 239 g/mol. The van der Waals surface area contributed by atoms with Crippen LogP contribution in [0.25, 0.3) is 0 Å². The minimum atomic E-state index is -0.283. The Kier molecular flexibility index (Phi) is 5.42. The van der Waals surface area contributed by atoms with Gasteiger partial charge in [0.15, 0.2) is 11.6 Å². The van der Waals surface area contributed by atoms with Crippen molar-refractivity contribution in [2.45, 2.75) is 32.7 Å². The zero-order valence-corrected chi connectivity index (χ0v) is 11.1. The first-order chi connectivity index (χ1) is 8.12. The Balaban J connectivity index is 2.71. The Morgan fingerprint density at radius 3 is 2.59 bits per heavy atom. The van der Waals surface area contributed by atoms with Crippen molar-refractivity contribution in [1.82, 2.24) is 5.32 Å². The predicted molar refractivity (Wildman–Crippen MR) is 69.0 cm³/mol. The summed E-state index contributed by atoms with van der Waals surface area (Å²) in [7, 11) is 3.45. The lowest BCUT2D eigenvalue weighted by molar-refractivity contribution is 0.379. The van der Waals surface area contributed by atoms with Crippen molar-refractivity contribution in [1.29, 1.82) is 0 Å². The van der Waals surface area contributed by atoms with E-state index in [4.69, 9.17) is 4.74 Å².